The van der Waals surface area contributed by atoms with Crippen LogP contribution in [0.1, 0.15) is 6.92 Å². The molecule has 0 bridgehead atoms. The predicted molar refractivity (Wildman–Crippen MR) is 116 cm³/mol. The SMILES string of the molecule is CC1CN(c2ccc3nc(-c4ccc(F)cc4)c(-c4ccncc4)n3n2)CCN1C. The Balaban J connectivity index is 1.67. The minimum absolute atomic E-state index is 0.266. The third kappa shape index (κ3) is 3.31. The largest absolute Gasteiger partial charge is 0.352 e. The van der Waals surface area contributed by atoms with Gasteiger partial charge >= 0.3 is 0 Å². The van der Waals surface area contributed by atoms with Gasteiger partial charge < -0.3 is 9.80 Å². The van der Waals surface area contributed by atoms with Gasteiger partial charge in [-0.05, 0) is 62.5 Å². The summed E-state index contributed by atoms with van der Waals surface area (Å²) in [6.45, 7) is 5.10. The molecule has 6 nitrogen and oxygen atoms in total. The predicted octanol–water partition coefficient (Wildman–Crippen LogP) is 3.74. The Morgan fingerprint density at radius 3 is 2.43 bits per heavy atom. The maximum Gasteiger partial charge on any atom is 0.155 e. The molecule has 1 atom stereocenters. The van der Waals surface area contributed by atoms with Crippen LogP contribution in [0, 0.1) is 5.82 Å². The second-order valence-electron chi connectivity index (χ2n) is 7.79. The monoisotopic (exact) mass is 402 g/mol. The van der Waals surface area contributed by atoms with Crippen molar-refractivity contribution in [1.82, 2.24) is 24.5 Å². The summed E-state index contributed by atoms with van der Waals surface area (Å²) in [4.78, 5) is 13.7. The van der Waals surface area contributed by atoms with Crippen LogP contribution in [0.15, 0.2) is 60.9 Å². The zero-order valence-electron chi connectivity index (χ0n) is 17.0. The van der Waals surface area contributed by atoms with Gasteiger partial charge in [0.05, 0.1) is 5.69 Å². The van der Waals surface area contributed by atoms with Gasteiger partial charge in [0, 0.05) is 49.2 Å². The van der Waals surface area contributed by atoms with Crippen LogP contribution >= 0.6 is 0 Å². The third-order valence-corrected chi connectivity index (χ3v) is 5.82. The maximum absolute atomic E-state index is 13.5. The molecule has 0 amide bonds. The highest BCUT2D eigenvalue weighted by atomic mass is 19.1. The number of benzene rings is 1. The van der Waals surface area contributed by atoms with E-state index in [9.17, 15) is 4.39 Å². The van der Waals surface area contributed by atoms with Crippen molar-refractivity contribution in [1.29, 1.82) is 0 Å². The highest BCUT2D eigenvalue weighted by Crippen LogP contribution is 2.33. The molecular formula is C23H23FN6. The molecule has 0 saturated carbocycles. The molecule has 0 radical (unpaired) electrons. The molecule has 1 fully saturated rings. The van der Waals surface area contributed by atoms with E-state index < -0.39 is 0 Å². The van der Waals surface area contributed by atoms with Crippen molar-refractivity contribution in [3.63, 3.8) is 0 Å². The average Bonchev–Trinajstić information content (AvgIpc) is 3.15. The fourth-order valence-electron chi connectivity index (χ4n) is 3.93. The molecule has 1 unspecified atom stereocenters. The summed E-state index contributed by atoms with van der Waals surface area (Å²) >= 11 is 0. The van der Waals surface area contributed by atoms with Crippen molar-refractivity contribution >= 4 is 11.5 Å². The second kappa shape index (κ2) is 7.50. The number of anilines is 1. The van der Waals surface area contributed by atoms with E-state index >= 15 is 0 Å². The van der Waals surface area contributed by atoms with Crippen molar-refractivity contribution in [2.45, 2.75) is 13.0 Å². The lowest BCUT2D eigenvalue weighted by Gasteiger charge is -2.38. The fraction of sp³-hybridized carbons (Fsp3) is 0.261. The third-order valence-electron chi connectivity index (χ3n) is 5.82. The molecule has 152 valence electrons. The molecule has 1 aliphatic heterocycles. The van der Waals surface area contributed by atoms with Crippen molar-refractivity contribution in [2.24, 2.45) is 0 Å². The van der Waals surface area contributed by atoms with Crippen LogP contribution in [-0.4, -0.2) is 57.2 Å². The van der Waals surface area contributed by atoms with Crippen LogP contribution in [-0.2, 0) is 0 Å². The van der Waals surface area contributed by atoms with E-state index in [1.165, 1.54) is 12.1 Å². The highest BCUT2D eigenvalue weighted by Gasteiger charge is 2.23. The van der Waals surface area contributed by atoms with Crippen LogP contribution in [0.2, 0.25) is 0 Å². The Labute approximate surface area is 174 Å². The maximum atomic E-state index is 13.5. The zero-order chi connectivity index (χ0) is 20.7. The summed E-state index contributed by atoms with van der Waals surface area (Å²) < 4.78 is 15.4. The number of hydrogen-bond acceptors (Lipinski definition) is 5. The molecule has 1 aromatic carbocycles. The van der Waals surface area contributed by atoms with Gasteiger partial charge in [-0.25, -0.2) is 13.9 Å². The van der Waals surface area contributed by atoms with Crippen LogP contribution in [0.5, 0.6) is 0 Å². The molecule has 0 aliphatic carbocycles. The quantitative estimate of drug-likeness (QED) is 0.523. The van der Waals surface area contributed by atoms with Gasteiger partial charge in [0.15, 0.2) is 5.65 Å². The molecule has 1 saturated heterocycles. The first kappa shape index (κ1) is 18.7. The van der Waals surface area contributed by atoms with Gasteiger partial charge in [-0.2, -0.15) is 0 Å². The Hall–Kier alpha value is -3.32. The fourth-order valence-corrected chi connectivity index (χ4v) is 3.93. The number of hydrogen-bond donors (Lipinski definition) is 0. The van der Waals surface area contributed by atoms with Gasteiger partial charge in [0.25, 0.3) is 0 Å². The summed E-state index contributed by atoms with van der Waals surface area (Å²) in [6.07, 6.45) is 3.52. The molecule has 5 rings (SSSR count). The van der Waals surface area contributed by atoms with Gasteiger partial charge in [-0.15, -0.1) is 5.10 Å². The average molecular weight is 402 g/mol. The van der Waals surface area contributed by atoms with Gasteiger partial charge in [-0.1, -0.05) is 0 Å². The summed E-state index contributed by atoms with van der Waals surface area (Å²) in [5.41, 5.74) is 4.23. The van der Waals surface area contributed by atoms with Gasteiger partial charge in [0.1, 0.15) is 17.3 Å². The summed E-state index contributed by atoms with van der Waals surface area (Å²) in [6, 6.07) is 14.8. The van der Waals surface area contributed by atoms with Crippen LogP contribution in [0.25, 0.3) is 28.2 Å². The number of imidazole rings is 1. The van der Waals surface area contributed by atoms with Gasteiger partial charge in [0.2, 0.25) is 0 Å². The number of rotatable bonds is 3. The molecule has 0 N–H and O–H groups in total. The summed E-state index contributed by atoms with van der Waals surface area (Å²) in [7, 11) is 2.16. The Bertz CT molecular complexity index is 1170. The smallest absolute Gasteiger partial charge is 0.155 e. The normalized spacial score (nSPS) is 17.6. The topological polar surface area (TPSA) is 49.6 Å². The first-order valence-corrected chi connectivity index (χ1v) is 10.1. The molecule has 7 heteroatoms. The lowest BCUT2D eigenvalue weighted by molar-refractivity contribution is 0.233. The second-order valence-corrected chi connectivity index (χ2v) is 7.79. The number of nitrogens with zero attached hydrogens (tertiary/aromatic N) is 6. The molecule has 4 aromatic rings. The van der Waals surface area contributed by atoms with Crippen LogP contribution in [0.3, 0.4) is 0 Å². The van der Waals surface area contributed by atoms with E-state index in [2.05, 4.69) is 28.8 Å². The van der Waals surface area contributed by atoms with Crippen LogP contribution in [0.4, 0.5) is 10.2 Å². The number of piperazine rings is 1. The molecule has 3 aromatic heterocycles. The highest BCUT2D eigenvalue weighted by molar-refractivity contribution is 5.81. The minimum Gasteiger partial charge on any atom is -0.352 e. The van der Waals surface area contributed by atoms with E-state index in [1.807, 2.05) is 28.8 Å². The Kier molecular flexibility index (Phi) is 4.67. The number of fused-ring (bicyclic) bond motifs is 1. The standard InChI is InChI=1S/C23H23FN6/c1-16-15-29(14-13-28(16)2)21-8-7-20-26-22(17-3-5-19(24)6-4-17)23(30(20)27-21)18-9-11-25-12-10-18/h3-12,16H,13-15H2,1-2H3. The molecular weight excluding hydrogens is 379 g/mol. The minimum atomic E-state index is -0.266. The van der Waals surface area contributed by atoms with Crippen LogP contribution < -0.4 is 4.90 Å². The van der Waals surface area contributed by atoms with E-state index in [0.717, 1.165) is 53.6 Å². The lowest BCUT2D eigenvalue weighted by Crippen LogP contribution is -2.50. The summed E-state index contributed by atoms with van der Waals surface area (Å²) in [5, 5.41) is 4.97. The van der Waals surface area contributed by atoms with E-state index in [0.29, 0.717) is 6.04 Å². The first-order chi connectivity index (χ1) is 14.6. The van der Waals surface area contributed by atoms with Crippen molar-refractivity contribution in [3.8, 4) is 22.5 Å². The molecule has 1 aliphatic rings. The van der Waals surface area contributed by atoms with Gasteiger partial charge in [-0.3, -0.25) is 4.98 Å². The lowest BCUT2D eigenvalue weighted by atomic mass is 10.1. The number of aromatic nitrogens is 4. The Morgan fingerprint density at radius 2 is 1.70 bits per heavy atom. The molecule has 4 heterocycles. The van der Waals surface area contributed by atoms with E-state index in [1.54, 1.807) is 24.5 Å². The summed E-state index contributed by atoms with van der Waals surface area (Å²) in [5.74, 6) is 0.665. The first-order valence-electron chi connectivity index (χ1n) is 10.1. The van der Waals surface area contributed by atoms with Crippen molar-refractivity contribution < 1.29 is 4.39 Å². The molecule has 0 spiro atoms. The number of halogens is 1. The van der Waals surface area contributed by atoms with E-state index in [-0.39, 0.29) is 5.82 Å². The molecule has 30 heavy (non-hydrogen) atoms. The number of likely N-dealkylation sites (N-methyl/N-ethyl adjacent to an activating group) is 1. The van der Waals surface area contributed by atoms with E-state index in [4.69, 9.17) is 10.1 Å². The zero-order valence-corrected chi connectivity index (χ0v) is 17.0. The number of pyridine rings is 1. The van der Waals surface area contributed by atoms with Crippen molar-refractivity contribution in [2.75, 3.05) is 31.6 Å². The van der Waals surface area contributed by atoms with Crippen molar-refractivity contribution in [3.05, 3.63) is 66.7 Å². The Morgan fingerprint density at radius 1 is 0.933 bits per heavy atom.